The molecule has 4 rings (SSSR count). The first-order chi connectivity index (χ1) is 11.5. The molecule has 4 heteroatoms. The normalized spacial score (nSPS) is 43.8. The average molecular weight is 332 g/mol. The van der Waals surface area contributed by atoms with E-state index in [0.29, 0.717) is 11.8 Å². The fourth-order valence-corrected chi connectivity index (χ4v) is 5.57. The van der Waals surface area contributed by atoms with Crippen molar-refractivity contribution >= 4 is 5.97 Å². The third-order valence-electron chi connectivity index (χ3n) is 7.13. The Kier molecular flexibility index (Phi) is 4.24. The fraction of sp³-hybridized carbons (Fsp3) is 0.850. The van der Waals surface area contributed by atoms with Crippen LogP contribution in [0.1, 0.15) is 39.5 Å². The Hall–Kier alpha value is -0.870. The highest BCUT2D eigenvalue weighted by Gasteiger charge is 2.51. The summed E-state index contributed by atoms with van der Waals surface area (Å²) < 4.78 is 5.87. The van der Waals surface area contributed by atoms with E-state index in [4.69, 9.17) is 4.74 Å². The number of esters is 1. The Morgan fingerprint density at radius 2 is 2.04 bits per heavy atom. The molecule has 134 valence electrons. The Morgan fingerprint density at radius 3 is 2.79 bits per heavy atom. The van der Waals surface area contributed by atoms with Crippen LogP contribution < -0.4 is 0 Å². The van der Waals surface area contributed by atoms with Gasteiger partial charge < -0.3 is 9.64 Å². The van der Waals surface area contributed by atoms with Crippen molar-refractivity contribution in [3.63, 3.8) is 0 Å². The SMILES string of the molecule is CC1CCCC2(C)CC3OC(=O)C(CN4CCN(C)CC4)C3C=C12. The van der Waals surface area contributed by atoms with Gasteiger partial charge in [-0.1, -0.05) is 31.9 Å². The van der Waals surface area contributed by atoms with Crippen LogP contribution in [-0.4, -0.2) is 61.6 Å². The molecule has 2 aliphatic heterocycles. The van der Waals surface area contributed by atoms with Crippen LogP contribution in [0.3, 0.4) is 0 Å². The van der Waals surface area contributed by atoms with Gasteiger partial charge in [0.25, 0.3) is 0 Å². The van der Waals surface area contributed by atoms with Crippen molar-refractivity contribution in [2.75, 3.05) is 39.8 Å². The third-order valence-corrected chi connectivity index (χ3v) is 7.13. The molecule has 5 atom stereocenters. The zero-order valence-electron chi connectivity index (χ0n) is 15.5. The van der Waals surface area contributed by atoms with Gasteiger partial charge in [-0.05, 0) is 37.6 Å². The first-order valence-corrected chi connectivity index (χ1v) is 9.80. The summed E-state index contributed by atoms with van der Waals surface area (Å²) in [5.41, 5.74) is 1.89. The van der Waals surface area contributed by atoms with E-state index in [0.717, 1.165) is 39.1 Å². The van der Waals surface area contributed by atoms with Crippen LogP contribution in [0.25, 0.3) is 0 Å². The van der Waals surface area contributed by atoms with E-state index in [1.54, 1.807) is 5.57 Å². The summed E-state index contributed by atoms with van der Waals surface area (Å²) in [4.78, 5) is 17.4. The topological polar surface area (TPSA) is 32.8 Å². The molecule has 4 nitrogen and oxygen atoms in total. The molecule has 4 aliphatic rings. The summed E-state index contributed by atoms with van der Waals surface area (Å²) in [5.74, 6) is 1.07. The van der Waals surface area contributed by atoms with E-state index in [1.165, 1.54) is 19.3 Å². The largest absolute Gasteiger partial charge is 0.461 e. The molecule has 2 heterocycles. The summed E-state index contributed by atoms with van der Waals surface area (Å²) in [5, 5.41) is 0. The number of hydrogen-bond acceptors (Lipinski definition) is 4. The van der Waals surface area contributed by atoms with E-state index in [1.807, 2.05) is 0 Å². The lowest BCUT2D eigenvalue weighted by Crippen LogP contribution is -2.47. The van der Waals surface area contributed by atoms with E-state index < -0.39 is 0 Å². The number of piperazine rings is 1. The molecular formula is C20H32N2O2. The molecule has 1 saturated carbocycles. The molecule has 0 N–H and O–H groups in total. The number of hydrogen-bond donors (Lipinski definition) is 0. The molecule has 0 aromatic rings. The number of likely N-dealkylation sites (N-methyl/N-ethyl adjacent to an activating group) is 1. The lowest BCUT2D eigenvalue weighted by Gasteiger charge is -2.46. The Morgan fingerprint density at radius 1 is 1.29 bits per heavy atom. The molecule has 0 aromatic heterocycles. The van der Waals surface area contributed by atoms with Gasteiger partial charge in [-0.15, -0.1) is 0 Å². The van der Waals surface area contributed by atoms with Crippen molar-refractivity contribution in [1.82, 2.24) is 9.80 Å². The average Bonchev–Trinajstić information content (AvgIpc) is 2.82. The van der Waals surface area contributed by atoms with Crippen LogP contribution in [0.4, 0.5) is 0 Å². The monoisotopic (exact) mass is 332 g/mol. The van der Waals surface area contributed by atoms with Crippen LogP contribution >= 0.6 is 0 Å². The third kappa shape index (κ3) is 2.82. The maximum Gasteiger partial charge on any atom is 0.311 e. The molecule has 2 saturated heterocycles. The first kappa shape index (κ1) is 16.6. The molecule has 0 spiro atoms. The van der Waals surface area contributed by atoms with Crippen LogP contribution in [0, 0.1) is 23.2 Å². The molecule has 0 amide bonds. The van der Waals surface area contributed by atoms with Gasteiger partial charge in [-0.3, -0.25) is 9.69 Å². The van der Waals surface area contributed by atoms with Gasteiger partial charge >= 0.3 is 5.97 Å². The number of carbonyl (C=O) groups excluding carboxylic acids is 1. The van der Waals surface area contributed by atoms with Gasteiger partial charge in [-0.2, -0.15) is 0 Å². The summed E-state index contributed by atoms with van der Waals surface area (Å²) >= 11 is 0. The van der Waals surface area contributed by atoms with Crippen LogP contribution in [0.15, 0.2) is 11.6 Å². The molecular weight excluding hydrogens is 300 g/mol. The molecule has 3 fully saturated rings. The molecule has 0 radical (unpaired) electrons. The standard InChI is InChI=1S/C20H32N2O2/c1-14-5-4-6-20(2)12-18-15(11-17(14)20)16(19(23)24-18)13-22-9-7-21(3)8-10-22/h11,14-16,18H,4-10,12-13H2,1-3H3. The van der Waals surface area contributed by atoms with Gasteiger partial charge in [0.05, 0.1) is 5.92 Å². The minimum Gasteiger partial charge on any atom is -0.461 e. The van der Waals surface area contributed by atoms with Crippen LogP contribution in [0.5, 0.6) is 0 Å². The zero-order valence-corrected chi connectivity index (χ0v) is 15.5. The van der Waals surface area contributed by atoms with Gasteiger partial charge in [-0.25, -0.2) is 0 Å². The second kappa shape index (κ2) is 6.14. The number of carbonyl (C=O) groups is 1. The molecule has 0 aromatic carbocycles. The second-order valence-corrected chi connectivity index (χ2v) is 8.94. The zero-order chi connectivity index (χ0) is 16.9. The number of nitrogens with zero attached hydrogens (tertiary/aromatic N) is 2. The highest BCUT2D eigenvalue weighted by Crippen LogP contribution is 2.53. The summed E-state index contributed by atoms with van der Waals surface area (Å²) in [6.45, 7) is 9.99. The van der Waals surface area contributed by atoms with Crippen LogP contribution in [-0.2, 0) is 9.53 Å². The Bertz CT molecular complexity index is 538. The molecule has 5 unspecified atom stereocenters. The van der Waals surface area contributed by atoms with E-state index in [2.05, 4.69) is 36.8 Å². The minimum atomic E-state index is 0.0459. The first-order valence-electron chi connectivity index (χ1n) is 9.80. The molecule has 24 heavy (non-hydrogen) atoms. The van der Waals surface area contributed by atoms with Crippen molar-refractivity contribution in [1.29, 1.82) is 0 Å². The highest BCUT2D eigenvalue weighted by atomic mass is 16.6. The van der Waals surface area contributed by atoms with Crippen molar-refractivity contribution in [2.24, 2.45) is 23.2 Å². The van der Waals surface area contributed by atoms with E-state index in [-0.39, 0.29) is 23.4 Å². The summed E-state index contributed by atoms with van der Waals surface area (Å²) in [6.07, 6.45) is 7.51. The fourth-order valence-electron chi connectivity index (χ4n) is 5.57. The second-order valence-electron chi connectivity index (χ2n) is 8.94. The number of ether oxygens (including phenoxy) is 1. The van der Waals surface area contributed by atoms with Crippen LogP contribution in [0.2, 0.25) is 0 Å². The number of rotatable bonds is 2. The van der Waals surface area contributed by atoms with Crippen molar-refractivity contribution < 1.29 is 9.53 Å². The van der Waals surface area contributed by atoms with E-state index in [9.17, 15) is 4.79 Å². The lowest BCUT2D eigenvalue weighted by molar-refractivity contribution is -0.145. The quantitative estimate of drug-likeness (QED) is 0.575. The predicted octanol–water partition coefficient (Wildman–Crippen LogP) is 2.55. The molecule has 2 aliphatic carbocycles. The highest BCUT2D eigenvalue weighted by molar-refractivity contribution is 5.76. The smallest absolute Gasteiger partial charge is 0.311 e. The van der Waals surface area contributed by atoms with Gasteiger partial charge in [0, 0.05) is 38.6 Å². The Labute approximate surface area is 146 Å². The van der Waals surface area contributed by atoms with Gasteiger partial charge in [0.15, 0.2) is 0 Å². The maximum atomic E-state index is 12.6. The number of allylic oxidation sites excluding steroid dienone is 1. The predicted molar refractivity (Wildman–Crippen MR) is 94.6 cm³/mol. The lowest BCUT2D eigenvalue weighted by atomic mass is 9.59. The number of fused-ring (bicyclic) bond motifs is 2. The van der Waals surface area contributed by atoms with Crippen molar-refractivity contribution in [3.05, 3.63) is 11.6 Å². The minimum absolute atomic E-state index is 0.0459. The summed E-state index contributed by atoms with van der Waals surface area (Å²) in [6, 6.07) is 0. The maximum absolute atomic E-state index is 12.6. The van der Waals surface area contributed by atoms with E-state index >= 15 is 0 Å². The Balaban J connectivity index is 1.53. The van der Waals surface area contributed by atoms with Crippen molar-refractivity contribution in [3.8, 4) is 0 Å². The summed E-state index contributed by atoms with van der Waals surface area (Å²) in [7, 11) is 2.17. The molecule has 0 bridgehead atoms. The van der Waals surface area contributed by atoms with Gasteiger partial charge in [0.2, 0.25) is 0 Å². The van der Waals surface area contributed by atoms with Gasteiger partial charge in [0.1, 0.15) is 6.10 Å². The van der Waals surface area contributed by atoms with Crippen molar-refractivity contribution in [2.45, 2.75) is 45.6 Å².